The Morgan fingerprint density at radius 2 is 2.04 bits per heavy atom. The fourth-order valence-corrected chi connectivity index (χ4v) is 3.81. The van der Waals surface area contributed by atoms with E-state index in [-0.39, 0.29) is 11.2 Å². The van der Waals surface area contributed by atoms with Crippen molar-refractivity contribution in [3.63, 3.8) is 0 Å². The summed E-state index contributed by atoms with van der Waals surface area (Å²) >= 11 is 7.33. The zero-order valence-electron chi connectivity index (χ0n) is 15.8. The largest absolute Gasteiger partial charge is 0.496 e. The average molecular weight is 417 g/mol. The smallest absolute Gasteiger partial charge is 0.237 e. The number of thioether (sulfide) groups is 1. The molecule has 2 aromatic carbocycles. The van der Waals surface area contributed by atoms with Crippen LogP contribution >= 0.6 is 23.4 Å². The molecule has 0 aliphatic carbocycles. The van der Waals surface area contributed by atoms with Gasteiger partial charge in [-0.05, 0) is 44.2 Å². The molecule has 1 aromatic heterocycles. The lowest BCUT2D eigenvalue weighted by Crippen LogP contribution is -2.22. The fraction of sp³-hybridized carbons (Fsp3) is 0.250. The van der Waals surface area contributed by atoms with Gasteiger partial charge >= 0.3 is 0 Å². The van der Waals surface area contributed by atoms with E-state index in [0.717, 1.165) is 11.3 Å². The lowest BCUT2D eigenvalue weighted by molar-refractivity contribution is -0.115. The first-order valence-electron chi connectivity index (χ1n) is 8.83. The number of nitrogens with zero attached hydrogens (tertiary/aromatic N) is 3. The summed E-state index contributed by atoms with van der Waals surface area (Å²) < 4.78 is 7.42. The summed E-state index contributed by atoms with van der Waals surface area (Å²) in [5.74, 6) is 1.31. The van der Waals surface area contributed by atoms with E-state index in [1.807, 2.05) is 42.7 Å². The highest BCUT2D eigenvalue weighted by Crippen LogP contribution is 2.32. The van der Waals surface area contributed by atoms with Crippen LogP contribution in [0.4, 0.5) is 5.69 Å². The van der Waals surface area contributed by atoms with Crippen molar-refractivity contribution in [2.24, 2.45) is 0 Å². The Morgan fingerprint density at radius 3 is 2.75 bits per heavy atom. The maximum atomic E-state index is 12.6. The summed E-state index contributed by atoms with van der Waals surface area (Å²) in [7, 11) is 1.63. The van der Waals surface area contributed by atoms with Crippen LogP contribution in [0, 0.1) is 0 Å². The molecule has 0 aliphatic heterocycles. The lowest BCUT2D eigenvalue weighted by atomic mass is 10.2. The summed E-state index contributed by atoms with van der Waals surface area (Å²) in [6.07, 6.45) is 0. The predicted molar refractivity (Wildman–Crippen MR) is 113 cm³/mol. The Morgan fingerprint density at radius 1 is 1.25 bits per heavy atom. The number of hydrogen-bond acceptors (Lipinski definition) is 5. The van der Waals surface area contributed by atoms with Crippen molar-refractivity contribution < 1.29 is 9.53 Å². The first kappa shape index (κ1) is 20.2. The number of benzene rings is 2. The van der Waals surface area contributed by atoms with Gasteiger partial charge in [0.15, 0.2) is 11.0 Å². The summed E-state index contributed by atoms with van der Waals surface area (Å²) in [4.78, 5) is 12.6. The van der Waals surface area contributed by atoms with E-state index >= 15 is 0 Å². The molecule has 3 rings (SSSR count). The average Bonchev–Trinajstić information content (AvgIpc) is 3.10. The number of amides is 1. The quantitative estimate of drug-likeness (QED) is 0.563. The number of halogens is 1. The van der Waals surface area contributed by atoms with Crippen LogP contribution in [0.25, 0.3) is 11.4 Å². The normalized spacial score (nSPS) is 11.9. The Hall–Kier alpha value is -2.51. The highest BCUT2D eigenvalue weighted by molar-refractivity contribution is 8.00. The van der Waals surface area contributed by atoms with Crippen LogP contribution in [0.15, 0.2) is 53.7 Å². The topological polar surface area (TPSA) is 69.0 Å². The van der Waals surface area contributed by atoms with E-state index in [1.54, 1.807) is 31.4 Å². The third-order valence-electron chi connectivity index (χ3n) is 4.12. The van der Waals surface area contributed by atoms with Crippen molar-refractivity contribution in [3.05, 3.63) is 53.6 Å². The molecule has 0 bridgehead atoms. The Labute approximate surface area is 173 Å². The molecule has 28 heavy (non-hydrogen) atoms. The SMILES string of the molecule is CCn1c(S[C@H](C)C(=O)Nc2cccc(Cl)c2)nnc1-c1ccccc1OC. The monoisotopic (exact) mass is 416 g/mol. The summed E-state index contributed by atoms with van der Waals surface area (Å²) in [5.41, 5.74) is 1.53. The number of para-hydroxylation sites is 1. The minimum absolute atomic E-state index is 0.128. The second-order valence-corrected chi connectivity index (χ2v) is 7.75. The van der Waals surface area contributed by atoms with Gasteiger partial charge in [-0.15, -0.1) is 10.2 Å². The molecule has 0 spiro atoms. The second-order valence-electron chi connectivity index (χ2n) is 6.01. The molecule has 1 heterocycles. The highest BCUT2D eigenvalue weighted by atomic mass is 35.5. The number of aromatic nitrogens is 3. The molecule has 0 fully saturated rings. The predicted octanol–water partition coefficient (Wildman–Crippen LogP) is 4.75. The first-order chi connectivity index (χ1) is 13.5. The molecule has 1 atom stereocenters. The van der Waals surface area contributed by atoms with Crippen LogP contribution in [-0.2, 0) is 11.3 Å². The molecule has 146 valence electrons. The number of nitrogens with one attached hydrogen (secondary N) is 1. The minimum Gasteiger partial charge on any atom is -0.496 e. The van der Waals surface area contributed by atoms with Gasteiger partial charge in [0.1, 0.15) is 5.75 Å². The van der Waals surface area contributed by atoms with Crippen molar-refractivity contribution >= 4 is 35.0 Å². The van der Waals surface area contributed by atoms with Crippen molar-refractivity contribution in [2.45, 2.75) is 30.8 Å². The zero-order valence-corrected chi connectivity index (χ0v) is 17.4. The fourth-order valence-electron chi connectivity index (χ4n) is 2.71. The molecule has 0 saturated heterocycles. The van der Waals surface area contributed by atoms with Gasteiger partial charge in [0.25, 0.3) is 0 Å². The molecule has 0 unspecified atom stereocenters. The van der Waals surface area contributed by atoms with Crippen LogP contribution in [0.3, 0.4) is 0 Å². The number of anilines is 1. The number of ether oxygens (including phenoxy) is 1. The van der Waals surface area contributed by atoms with Crippen molar-refractivity contribution in [3.8, 4) is 17.1 Å². The van der Waals surface area contributed by atoms with Gasteiger partial charge in [0.05, 0.1) is 17.9 Å². The Bertz CT molecular complexity index is 976. The molecular weight excluding hydrogens is 396 g/mol. The second kappa shape index (κ2) is 9.12. The van der Waals surface area contributed by atoms with Crippen LogP contribution < -0.4 is 10.1 Å². The lowest BCUT2D eigenvalue weighted by Gasteiger charge is -2.13. The van der Waals surface area contributed by atoms with Gasteiger partial charge in [-0.1, -0.05) is 41.6 Å². The van der Waals surface area contributed by atoms with Crippen molar-refractivity contribution in [1.29, 1.82) is 0 Å². The van der Waals surface area contributed by atoms with Gasteiger partial charge in [-0.2, -0.15) is 0 Å². The van der Waals surface area contributed by atoms with E-state index < -0.39 is 0 Å². The number of carbonyl (C=O) groups is 1. The molecule has 0 saturated carbocycles. The molecule has 1 N–H and O–H groups in total. The van der Waals surface area contributed by atoms with Crippen LogP contribution in [0.5, 0.6) is 5.75 Å². The first-order valence-corrected chi connectivity index (χ1v) is 10.1. The van der Waals surface area contributed by atoms with Crippen molar-refractivity contribution in [1.82, 2.24) is 14.8 Å². The summed E-state index contributed by atoms with van der Waals surface area (Å²) in [6, 6.07) is 14.7. The summed E-state index contributed by atoms with van der Waals surface area (Å²) in [6.45, 7) is 4.52. The number of methoxy groups -OCH3 is 1. The molecular formula is C20H21ClN4O2S. The number of hydrogen-bond donors (Lipinski definition) is 1. The van der Waals surface area contributed by atoms with Crippen molar-refractivity contribution in [2.75, 3.05) is 12.4 Å². The third kappa shape index (κ3) is 4.48. The molecule has 1 amide bonds. The van der Waals surface area contributed by atoms with Gasteiger partial charge in [-0.25, -0.2) is 0 Å². The van der Waals surface area contributed by atoms with E-state index in [0.29, 0.717) is 28.2 Å². The maximum absolute atomic E-state index is 12.6. The van der Waals surface area contributed by atoms with Gasteiger partial charge in [0.2, 0.25) is 5.91 Å². The molecule has 0 aliphatic rings. The standard InChI is InChI=1S/C20H21ClN4O2S/c1-4-25-18(16-10-5-6-11-17(16)27-3)23-24-20(25)28-13(2)19(26)22-15-9-7-8-14(21)12-15/h5-13H,4H2,1-3H3,(H,22,26)/t13-/m1/s1. The third-order valence-corrected chi connectivity index (χ3v) is 5.44. The maximum Gasteiger partial charge on any atom is 0.237 e. The van der Waals surface area contributed by atoms with Crippen LogP contribution in [0.1, 0.15) is 13.8 Å². The Kier molecular flexibility index (Phi) is 6.59. The van der Waals surface area contributed by atoms with Gasteiger partial charge in [0, 0.05) is 17.3 Å². The molecule has 8 heteroatoms. The highest BCUT2D eigenvalue weighted by Gasteiger charge is 2.21. The van der Waals surface area contributed by atoms with Crippen LogP contribution in [-0.4, -0.2) is 33.0 Å². The number of carbonyl (C=O) groups excluding carboxylic acids is 1. The van der Waals surface area contributed by atoms with E-state index in [9.17, 15) is 4.79 Å². The van der Waals surface area contributed by atoms with Gasteiger partial charge < -0.3 is 14.6 Å². The number of rotatable bonds is 7. The van der Waals surface area contributed by atoms with Gasteiger partial charge in [-0.3, -0.25) is 4.79 Å². The Balaban J connectivity index is 1.79. The minimum atomic E-state index is -0.362. The molecule has 3 aromatic rings. The molecule has 0 radical (unpaired) electrons. The van der Waals surface area contributed by atoms with E-state index in [2.05, 4.69) is 15.5 Å². The zero-order chi connectivity index (χ0) is 20.1. The van der Waals surface area contributed by atoms with E-state index in [1.165, 1.54) is 11.8 Å². The van der Waals surface area contributed by atoms with E-state index in [4.69, 9.17) is 16.3 Å². The summed E-state index contributed by atoms with van der Waals surface area (Å²) in [5, 5.41) is 12.4. The molecule has 6 nitrogen and oxygen atoms in total. The van der Waals surface area contributed by atoms with Crippen LogP contribution in [0.2, 0.25) is 5.02 Å².